The van der Waals surface area contributed by atoms with Crippen molar-refractivity contribution in [1.82, 2.24) is 10.2 Å². The molecule has 0 radical (unpaired) electrons. The standard InChI is InChI=1S/C18H22N2O4/c21-15-10-13(11-20(15)14-8-4-5-9-14)17(22)19-16(18(23)24)12-6-2-1-3-7-12/h1-3,6-7,13-14,16H,4-5,8-11H2,(H,19,22)(H,23,24)/t13-,16-/m1/s1. The first-order chi connectivity index (χ1) is 11.6. The van der Waals surface area contributed by atoms with Crippen LogP contribution in [0, 0.1) is 5.92 Å². The molecule has 0 spiro atoms. The maximum Gasteiger partial charge on any atom is 0.330 e. The van der Waals surface area contributed by atoms with E-state index in [1.165, 1.54) is 0 Å². The lowest BCUT2D eigenvalue weighted by Gasteiger charge is -2.24. The second-order valence-corrected chi connectivity index (χ2v) is 6.58. The van der Waals surface area contributed by atoms with Crippen molar-refractivity contribution in [2.45, 2.75) is 44.2 Å². The lowest BCUT2D eigenvalue weighted by molar-refractivity contribution is -0.142. The summed E-state index contributed by atoms with van der Waals surface area (Å²) in [6.07, 6.45) is 4.42. The zero-order chi connectivity index (χ0) is 17.1. The van der Waals surface area contributed by atoms with Gasteiger partial charge in [0.05, 0.1) is 5.92 Å². The number of nitrogens with one attached hydrogen (secondary N) is 1. The number of carboxylic acids is 1. The van der Waals surface area contributed by atoms with E-state index in [4.69, 9.17) is 0 Å². The van der Waals surface area contributed by atoms with E-state index in [1.54, 1.807) is 30.3 Å². The Hall–Kier alpha value is -2.37. The first kappa shape index (κ1) is 16.5. The monoisotopic (exact) mass is 330 g/mol. The lowest BCUT2D eigenvalue weighted by Crippen LogP contribution is -2.40. The summed E-state index contributed by atoms with van der Waals surface area (Å²) >= 11 is 0. The quantitative estimate of drug-likeness (QED) is 0.860. The van der Waals surface area contributed by atoms with Crippen LogP contribution in [0.15, 0.2) is 30.3 Å². The average molecular weight is 330 g/mol. The molecule has 1 aliphatic carbocycles. The molecule has 2 N–H and O–H groups in total. The predicted molar refractivity (Wildman–Crippen MR) is 87.0 cm³/mol. The largest absolute Gasteiger partial charge is 0.479 e. The van der Waals surface area contributed by atoms with Crippen molar-refractivity contribution in [2.24, 2.45) is 5.92 Å². The van der Waals surface area contributed by atoms with Crippen LogP contribution >= 0.6 is 0 Å². The van der Waals surface area contributed by atoms with Crippen LogP contribution in [0.2, 0.25) is 0 Å². The van der Waals surface area contributed by atoms with Gasteiger partial charge in [-0.05, 0) is 18.4 Å². The van der Waals surface area contributed by atoms with Gasteiger partial charge in [0.2, 0.25) is 11.8 Å². The molecule has 0 unspecified atom stereocenters. The van der Waals surface area contributed by atoms with Gasteiger partial charge in [0.25, 0.3) is 0 Å². The fourth-order valence-electron chi connectivity index (χ4n) is 3.67. The number of carbonyl (C=O) groups is 3. The van der Waals surface area contributed by atoms with Gasteiger partial charge in [-0.25, -0.2) is 4.79 Å². The maximum absolute atomic E-state index is 12.5. The smallest absolute Gasteiger partial charge is 0.330 e. The molecule has 128 valence electrons. The fourth-order valence-corrected chi connectivity index (χ4v) is 3.67. The highest BCUT2D eigenvalue weighted by atomic mass is 16.4. The fraction of sp³-hybridized carbons (Fsp3) is 0.500. The summed E-state index contributed by atoms with van der Waals surface area (Å²) < 4.78 is 0. The number of rotatable bonds is 5. The van der Waals surface area contributed by atoms with Gasteiger partial charge in [0.1, 0.15) is 0 Å². The van der Waals surface area contributed by atoms with Crippen molar-refractivity contribution in [3.8, 4) is 0 Å². The Labute approximate surface area is 140 Å². The minimum Gasteiger partial charge on any atom is -0.479 e. The van der Waals surface area contributed by atoms with E-state index in [-0.39, 0.29) is 24.3 Å². The molecular formula is C18H22N2O4. The van der Waals surface area contributed by atoms with Gasteiger partial charge in [0, 0.05) is 19.0 Å². The minimum atomic E-state index is -1.11. The van der Waals surface area contributed by atoms with E-state index in [0.29, 0.717) is 12.1 Å². The molecule has 6 nitrogen and oxygen atoms in total. The molecule has 6 heteroatoms. The van der Waals surface area contributed by atoms with Gasteiger partial charge in [-0.3, -0.25) is 9.59 Å². The molecule has 1 saturated carbocycles. The number of aliphatic carboxylic acids is 1. The maximum atomic E-state index is 12.5. The molecule has 2 amide bonds. The van der Waals surface area contributed by atoms with Gasteiger partial charge in [0.15, 0.2) is 6.04 Å². The van der Waals surface area contributed by atoms with E-state index in [1.807, 2.05) is 4.90 Å². The first-order valence-corrected chi connectivity index (χ1v) is 8.44. The molecule has 1 aromatic carbocycles. The van der Waals surface area contributed by atoms with E-state index < -0.39 is 17.9 Å². The SMILES string of the molecule is O=C(N[C@@H](C(=O)O)c1ccccc1)[C@@H]1CC(=O)N(C2CCCC2)C1. The second-order valence-electron chi connectivity index (χ2n) is 6.58. The van der Waals surface area contributed by atoms with Crippen LogP contribution in [0.25, 0.3) is 0 Å². The minimum absolute atomic E-state index is 0.00800. The van der Waals surface area contributed by atoms with Crippen molar-refractivity contribution in [3.63, 3.8) is 0 Å². The van der Waals surface area contributed by atoms with Crippen molar-refractivity contribution in [3.05, 3.63) is 35.9 Å². The number of carbonyl (C=O) groups excluding carboxylic acids is 2. The number of hydrogen-bond donors (Lipinski definition) is 2. The number of likely N-dealkylation sites (tertiary alicyclic amines) is 1. The number of amides is 2. The van der Waals surface area contributed by atoms with E-state index in [2.05, 4.69) is 5.32 Å². The molecule has 24 heavy (non-hydrogen) atoms. The Balaban J connectivity index is 1.65. The summed E-state index contributed by atoms with van der Waals surface area (Å²) in [5, 5.41) is 12.0. The molecule has 1 aromatic rings. The number of benzene rings is 1. The lowest BCUT2D eigenvalue weighted by atomic mass is 10.0. The highest BCUT2D eigenvalue weighted by Crippen LogP contribution is 2.29. The molecule has 1 saturated heterocycles. The van der Waals surface area contributed by atoms with Crippen molar-refractivity contribution in [1.29, 1.82) is 0 Å². The van der Waals surface area contributed by atoms with Crippen LogP contribution < -0.4 is 5.32 Å². The third kappa shape index (κ3) is 3.42. The zero-order valence-electron chi connectivity index (χ0n) is 13.5. The third-order valence-electron chi connectivity index (χ3n) is 4.96. The molecule has 0 bridgehead atoms. The highest BCUT2D eigenvalue weighted by Gasteiger charge is 2.39. The first-order valence-electron chi connectivity index (χ1n) is 8.44. The second kappa shape index (κ2) is 7.03. The molecule has 2 atom stereocenters. The molecule has 2 fully saturated rings. The topological polar surface area (TPSA) is 86.7 Å². The molecule has 2 aliphatic rings. The molecule has 0 aromatic heterocycles. The van der Waals surface area contributed by atoms with Gasteiger partial charge >= 0.3 is 5.97 Å². The number of hydrogen-bond acceptors (Lipinski definition) is 3. The van der Waals surface area contributed by atoms with E-state index >= 15 is 0 Å². The number of nitrogens with zero attached hydrogens (tertiary/aromatic N) is 1. The summed E-state index contributed by atoms with van der Waals surface area (Å²) in [7, 11) is 0. The van der Waals surface area contributed by atoms with Crippen LogP contribution in [-0.2, 0) is 14.4 Å². The van der Waals surface area contributed by atoms with Crippen LogP contribution in [0.3, 0.4) is 0 Å². The average Bonchev–Trinajstić information content (AvgIpc) is 3.22. The van der Waals surface area contributed by atoms with Crippen molar-refractivity contribution < 1.29 is 19.5 Å². The van der Waals surface area contributed by atoms with Crippen molar-refractivity contribution in [2.75, 3.05) is 6.54 Å². The van der Waals surface area contributed by atoms with Crippen LogP contribution in [0.4, 0.5) is 0 Å². The molecule has 1 heterocycles. The van der Waals surface area contributed by atoms with Gasteiger partial charge in [-0.1, -0.05) is 43.2 Å². The van der Waals surface area contributed by atoms with Gasteiger partial charge in [-0.15, -0.1) is 0 Å². The summed E-state index contributed by atoms with van der Waals surface area (Å²) in [5.41, 5.74) is 0.523. The zero-order valence-corrected chi connectivity index (χ0v) is 13.5. The Morgan fingerprint density at radius 3 is 2.46 bits per heavy atom. The van der Waals surface area contributed by atoms with E-state index in [0.717, 1.165) is 25.7 Å². The summed E-state index contributed by atoms with van der Waals surface area (Å²) in [6.45, 7) is 0.399. The summed E-state index contributed by atoms with van der Waals surface area (Å²) in [4.78, 5) is 38.0. The predicted octanol–water partition coefficient (Wildman–Crippen LogP) is 1.72. The van der Waals surface area contributed by atoms with Crippen LogP contribution in [0.5, 0.6) is 0 Å². The summed E-state index contributed by atoms with van der Waals surface area (Å²) in [6, 6.07) is 7.76. The molecule has 3 rings (SSSR count). The Bertz CT molecular complexity index is 625. The number of carboxylic acid groups (broad SMARTS) is 1. The van der Waals surface area contributed by atoms with Crippen LogP contribution in [0.1, 0.15) is 43.7 Å². The van der Waals surface area contributed by atoms with Crippen LogP contribution in [-0.4, -0.2) is 40.4 Å². The molecular weight excluding hydrogens is 308 g/mol. The van der Waals surface area contributed by atoms with Gasteiger partial charge in [-0.2, -0.15) is 0 Å². The van der Waals surface area contributed by atoms with E-state index in [9.17, 15) is 19.5 Å². The Kier molecular flexibility index (Phi) is 4.83. The highest BCUT2D eigenvalue weighted by molar-refractivity contribution is 5.91. The molecule has 1 aliphatic heterocycles. The Morgan fingerprint density at radius 2 is 1.83 bits per heavy atom. The summed E-state index contributed by atoms with van der Waals surface area (Å²) in [5.74, 6) is -1.93. The Morgan fingerprint density at radius 1 is 1.17 bits per heavy atom. The van der Waals surface area contributed by atoms with Gasteiger partial charge < -0.3 is 15.3 Å². The van der Waals surface area contributed by atoms with Crippen molar-refractivity contribution >= 4 is 17.8 Å². The third-order valence-corrected chi connectivity index (χ3v) is 4.96. The normalized spacial score (nSPS) is 22.6.